The zero-order valence-corrected chi connectivity index (χ0v) is 12.7. The van der Waals surface area contributed by atoms with Gasteiger partial charge in [-0.15, -0.1) is 0 Å². The van der Waals surface area contributed by atoms with Crippen LogP contribution in [0.4, 0.5) is 5.69 Å². The summed E-state index contributed by atoms with van der Waals surface area (Å²) < 4.78 is 1.90. The molecule has 116 valence electrons. The second kappa shape index (κ2) is 5.43. The van der Waals surface area contributed by atoms with E-state index in [1.165, 1.54) is 0 Å². The molecular weight excluding hydrogens is 290 g/mol. The van der Waals surface area contributed by atoms with Crippen molar-refractivity contribution in [2.24, 2.45) is 0 Å². The summed E-state index contributed by atoms with van der Waals surface area (Å²) in [6, 6.07) is 9.62. The van der Waals surface area contributed by atoms with E-state index in [4.69, 9.17) is 5.26 Å². The summed E-state index contributed by atoms with van der Waals surface area (Å²) in [6.07, 6.45) is 6.34. The standard InChI is InChI=1S/C17H17N5O/c18-12-20-9-4-7-15(20)17(23)21-10-8-14-16(21)11-19-22(14)13-5-2-1-3-6-13/h1-3,5-6,11,15H,4,7-10H2/t15-/m0/s1. The fourth-order valence-electron chi connectivity index (χ4n) is 3.51. The van der Waals surface area contributed by atoms with Crippen LogP contribution in [0.3, 0.4) is 0 Å². The first-order valence-corrected chi connectivity index (χ1v) is 7.89. The van der Waals surface area contributed by atoms with Gasteiger partial charge in [0.15, 0.2) is 6.19 Å². The molecule has 2 aromatic rings. The van der Waals surface area contributed by atoms with E-state index >= 15 is 0 Å². The maximum Gasteiger partial charge on any atom is 0.250 e. The number of anilines is 1. The summed E-state index contributed by atoms with van der Waals surface area (Å²) in [5.74, 6) is 0.0235. The molecule has 2 aliphatic rings. The molecule has 1 saturated heterocycles. The molecule has 1 amide bonds. The molecule has 2 aliphatic heterocycles. The molecule has 0 radical (unpaired) electrons. The third-order valence-electron chi connectivity index (χ3n) is 4.64. The predicted molar refractivity (Wildman–Crippen MR) is 85.0 cm³/mol. The van der Waals surface area contributed by atoms with Crippen molar-refractivity contribution in [2.75, 3.05) is 18.0 Å². The van der Waals surface area contributed by atoms with Crippen molar-refractivity contribution in [1.82, 2.24) is 14.7 Å². The molecule has 6 heteroatoms. The lowest BCUT2D eigenvalue weighted by atomic mass is 10.2. The first kappa shape index (κ1) is 13.8. The normalized spacial score (nSPS) is 19.7. The summed E-state index contributed by atoms with van der Waals surface area (Å²) in [4.78, 5) is 16.2. The van der Waals surface area contributed by atoms with Crippen molar-refractivity contribution < 1.29 is 4.79 Å². The van der Waals surface area contributed by atoms with Crippen LogP contribution >= 0.6 is 0 Å². The molecule has 0 aliphatic carbocycles. The number of nitrogens with zero attached hydrogens (tertiary/aromatic N) is 5. The van der Waals surface area contributed by atoms with Crippen molar-refractivity contribution in [2.45, 2.75) is 25.3 Å². The largest absolute Gasteiger partial charge is 0.307 e. The molecule has 0 saturated carbocycles. The molecule has 4 rings (SSSR count). The summed E-state index contributed by atoms with van der Waals surface area (Å²) in [7, 11) is 0. The number of benzene rings is 1. The Morgan fingerprint density at radius 3 is 2.87 bits per heavy atom. The fraction of sp³-hybridized carbons (Fsp3) is 0.353. The van der Waals surface area contributed by atoms with Crippen molar-refractivity contribution >= 4 is 11.6 Å². The van der Waals surface area contributed by atoms with E-state index < -0.39 is 0 Å². The molecule has 1 aromatic carbocycles. The zero-order valence-electron chi connectivity index (χ0n) is 12.7. The fourth-order valence-corrected chi connectivity index (χ4v) is 3.51. The Morgan fingerprint density at radius 2 is 2.09 bits per heavy atom. The molecule has 1 atom stereocenters. The predicted octanol–water partition coefficient (Wildman–Crippen LogP) is 1.71. The van der Waals surface area contributed by atoms with Crippen LogP contribution in [0.2, 0.25) is 0 Å². The van der Waals surface area contributed by atoms with Gasteiger partial charge in [0, 0.05) is 19.5 Å². The molecule has 3 heterocycles. The Hall–Kier alpha value is -2.81. The van der Waals surface area contributed by atoms with Gasteiger partial charge in [-0.1, -0.05) is 18.2 Å². The second-order valence-corrected chi connectivity index (χ2v) is 5.92. The van der Waals surface area contributed by atoms with Crippen molar-refractivity contribution in [3.8, 4) is 11.9 Å². The number of para-hydroxylation sites is 1. The molecule has 6 nitrogen and oxygen atoms in total. The van der Waals surface area contributed by atoms with Gasteiger partial charge in [-0.3, -0.25) is 9.69 Å². The van der Waals surface area contributed by atoms with Gasteiger partial charge in [0.2, 0.25) is 0 Å². The summed E-state index contributed by atoms with van der Waals surface area (Å²) in [6.45, 7) is 1.34. The number of likely N-dealkylation sites (tertiary alicyclic amines) is 1. The van der Waals surface area contributed by atoms with E-state index in [0.717, 1.165) is 36.3 Å². The molecule has 1 fully saturated rings. The Balaban J connectivity index is 1.63. The van der Waals surface area contributed by atoms with Crippen LogP contribution in [0.1, 0.15) is 18.5 Å². The molecule has 0 unspecified atom stereocenters. The Bertz CT molecular complexity index is 776. The SMILES string of the molecule is N#CN1CCC[C@H]1C(=O)N1CCc2c1cnn2-c1ccccc1. The van der Waals surface area contributed by atoms with Gasteiger partial charge in [0.1, 0.15) is 6.04 Å². The molecule has 0 N–H and O–H groups in total. The highest BCUT2D eigenvalue weighted by molar-refractivity contribution is 5.99. The zero-order chi connectivity index (χ0) is 15.8. The number of amides is 1. The van der Waals surface area contributed by atoms with Crippen LogP contribution in [-0.2, 0) is 11.2 Å². The van der Waals surface area contributed by atoms with E-state index in [2.05, 4.69) is 11.3 Å². The third-order valence-corrected chi connectivity index (χ3v) is 4.64. The van der Waals surface area contributed by atoms with Crippen molar-refractivity contribution in [3.63, 3.8) is 0 Å². The highest BCUT2D eigenvalue weighted by Crippen LogP contribution is 2.31. The first-order chi connectivity index (χ1) is 11.3. The van der Waals surface area contributed by atoms with Crippen LogP contribution in [0, 0.1) is 11.5 Å². The monoisotopic (exact) mass is 307 g/mol. The number of nitriles is 1. The minimum absolute atomic E-state index is 0.0235. The van der Waals surface area contributed by atoms with Crippen molar-refractivity contribution in [3.05, 3.63) is 42.2 Å². The van der Waals surface area contributed by atoms with Crippen LogP contribution in [-0.4, -0.2) is 39.7 Å². The Kier molecular flexibility index (Phi) is 3.27. The number of hydrogen-bond donors (Lipinski definition) is 0. The lowest BCUT2D eigenvalue weighted by Gasteiger charge is -2.23. The van der Waals surface area contributed by atoms with Gasteiger partial charge in [0.25, 0.3) is 5.91 Å². The molecule has 23 heavy (non-hydrogen) atoms. The summed E-state index contributed by atoms with van der Waals surface area (Å²) in [5.41, 5.74) is 2.94. The van der Waals surface area contributed by atoms with Crippen molar-refractivity contribution in [1.29, 1.82) is 5.26 Å². The van der Waals surface area contributed by atoms with Crippen LogP contribution < -0.4 is 4.90 Å². The number of rotatable bonds is 2. The molecular formula is C17H17N5O. The number of carbonyl (C=O) groups is 1. The van der Waals surface area contributed by atoms with E-state index in [1.54, 1.807) is 16.0 Å². The third kappa shape index (κ3) is 2.16. The summed E-state index contributed by atoms with van der Waals surface area (Å²) in [5, 5.41) is 13.6. The minimum atomic E-state index is -0.314. The minimum Gasteiger partial charge on any atom is -0.307 e. The smallest absolute Gasteiger partial charge is 0.250 e. The lowest BCUT2D eigenvalue weighted by Crippen LogP contribution is -2.43. The quantitative estimate of drug-likeness (QED) is 0.792. The van der Waals surface area contributed by atoms with Crippen LogP contribution in [0.15, 0.2) is 36.5 Å². The van der Waals surface area contributed by atoms with Gasteiger partial charge < -0.3 is 4.90 Å². The van der Waals surface area contributed by atoms with Gasteiger partial charge in [-0.05, 0) is 25.0 Å². The molecule has 1 aromatic heterocycles. The van der Waals surface area contributed by atoms with Gasteiger partial charge in [-0.25, -0.2) is 4.68 Å². The van der Waals surface area contributed by atoms with Gasteiger partial charge in [-0.2, -0.15) is 10.4 Å². The maximum atomic E-state index is 12.8. The average molecular weight is 307 g/mol. The average Bonchev–Trinajstić information content (AvgIpc) is 3.30. The highest BCUT2D eigenvalue weighted by atomic mass is 16.2. The second-order valence-electron chi connectivity index (χ2n) is 5.92. The number of aromatic nitrogens is 2. The van der Waals surface area contributed by atoms with Crippen LogP contribution in [0.25, 0.3) is 5.69 Å². The Morgan fingerprint density at radius 1 is 1.26 bits per heavy atom. The lowest BCUT2D eigenvalue weighted by molar-refractivity contribution is -0.121. The van der Waals surface area contributed by atoms with Crippen LogP contribution in [0.5, 0.6) is 0 Å². The van der Waals surface area contributed by atoms with Gasteiger partial charge in [0.05, 0.1) is 23.3 Å². The number of hydrogen-bond acceptors (Lipinski definition) is 4. The molecule has 0 spiro atoms. The Labute approximate surface area is 134 Å². The first-order valence-electron chi connectivity index (χ1n) is 7.89. The van der Waals surface area contributed by atoms with E-state index in [-0.39, 0.29) is 11.9 Å². The topological polar surface area (TPSA) is 65.2 Å². The number of carbonyl (C=O) groups excluding carboxylic acids is 1. The van der Waals surface area contributed by atoms with E-state index in [9.17, 15) is 4.79 Å². The summed E-state index contributed by atoms with van der Waals surface area (Å²) >= 11 is 0. The maximum absolute atomic E-state index is 12.8. The number of fused-ring (bicyclic) bond motifs is 1. The van der Waals surface area contributed by atoms with Gasteiger partial charge >= 0.3 is 0 Å². The van der Waals surface area contributed by atoms with E-state index in [1.807, 2.05) is 35.0 Å². The molecule has 0 bridgehead atoms. The van der Waals surface area contributed by atoms with E-state index in [0.29, 0.717) is 13.1 Å². The highest BCUT2D eigenvalue weighted by Gasteiger charge is 2.37.